The first kappa shape index (κ1) is 20.2. The van der Waals surface area contributed by atoms with Gasteiger partial charge in [-0.15, -0.1) is 0 Å². The number of rotatable bonds is 4. The van der Waals surface area contributed by atoms with Crippen molar-refractivity contribution in [3.8, 4) is 11.3 Å². The summed E-state index contributed by atoms with van der Waals surface area (Å²) in [6, 6.07) is 12.0. The fourth-order valence-electron chi connectivity index (χ4n) is 2.69. The molecule has 0 bridgehead atoms. The van der Waals surface area contributed by atoms with Gasteiger partial charge >= 0.3 is 5.97 Å². The lowest BCUT2D eigenvalue weighted by atomic mass is 10.1. The number of hydrogen-bond acceptors (Lipinski definition) is 6. The van der Waals surface area contributed by atoms with Gasteiger partial charge in [-0.1, -0.05) is 34.8 Å². The third-order valence-electron chi connectivity index (χ3n) is 4.12. The Balaban J connectivity index is 1.62. The summed E-state index contributed by atoms with van der Waals surface area (Å²) in [5.74, 6) is 0.143. The molecule has 3 aromatic rings. The van der Waals surface area contributed by atoms with E-state index in [4.69, 9.17) is 44.0 Å². The van der Waals surface area contributed by atoms with Crippen LogP contribution in [-0.2, 0) is 9.53 Å². The van der Waals surface area contributed by atoms with Crippen LogP contribution in [0.1, 0.15) is 11.3 Å². The van der Waals surface area contributed by atoms with E-state index in [2.05, 4.69) is 4.99 Å². The number of benzene rings is 2. The molecule has 1 aliphatic heterocycles. The first-order chi connectivity index (χ1) is 14.3. The molecule has 0 spiro atoms. The monoisotopic (exact) mass is 462 g/mol. The van der Waals surface area contributed by atoms with Gasteiger partial charge in [-0.25, -0.2) is 9.79 Å². The number of hydrogen-bond donors (Lipinski definition) is 0. The Morgan fingerprint density at radius 1 is 0.967 bits per heavy atom. The van der Waals surface area contributed by atoms with Crippen molar-refractivity contribution >= 4 is 58.4 Å². The number of nitro benzene ring substituents is 1. The summed E-state index contributed by atoms with van der Waals surface area (Å²) in [4.78, 5) is 26.6. The van der Waals surface area contributed by atoms with Crippen molar-refractivity contribution in [3.63, 3.8) is 0 Å². The minimum Gasteiger partial charge on any atom is -0.457 e. The molecule has 0 saturated heterocycles. The summed E-state index contributed by atoms with van der Waals surface area (Å²) < 4.78 is 10.9. The number of aliphatic imine (C=N–C) groups is 1. The zero-order valence-corrected chi connectivity index (χ0v) is 17.0. The van der Waals surface area contributed by atoms with Crippen molar-refractivity contribution in [1.82, 2.24) is 0 Å². The van der Waals surface area contributed by atoms with Crippen LogP contribution in [0, 0.1) is 10.1 Å². The second kappa shape index (κ2) is 7.95. The highest BCUT2D eigenvalue weighted by Crippen LogP contribution is 2.33. The Kier molecular flexibility index (Phi) is 5.34. The van der Waals surface area contributed by atoms with Gasteiger partial charge in [0.2, 0.25) is 5.90 Å². The number of carbonyl (C=O) groups excluding carboxylic acids is 1. The molecule has 0 atom stereocenters. The van der Waals surface area contributed by atoms with Crippen LogP contribution < -0.4 is 0 Å². The molecular weight excluding hydrogens is 455 g/mol. The lowest BCUT2D eigenvalue weighted by Crippen LogP contribution is -2.05. The summed E-state index contributed by atoms with van der Waals surface area (Å²) in [5.41, 5.74) is 0.877. The predicted octanol–water partition coefficient (Wildman–Crippen LogP) is 6.16. The first-order valence-electron chi connectivity index (χ1n) is 8.34. The maximum absolute atomic E-state index is 12.2. The average Bonchev–Trinajstić information content (AvgIpc) is 3.31. The maximum atomic E-state index is 12.2. The molecule has 1 aliphatic rings. The van der Waals surface area contributed by atoms with E-state index in [1.807, 2.05) is 0 Å². The quantitative estimate of drug-likeness (QED) is 0.200. The van der Waals surface area contributed by atoms with E-state index in [9.17, 15) is 14.9 Å². The van der Waals surface area contributed by atoms with Crippen LogP contribution in [0.2, 0.25) is 15.1 Å². The Labute approximate surface area is 184 Å². The fourth-order valence-corrected chi connectivity index (χ4v) is 3.26. The van der Waals surface area contributed by atoms with Gasteiger partial charge < -0.3 is 9.15 Å². The molecule has 2 aromatic carbocycles. The standard InChI is InChI=1S/C20H9Cl3N2O5/c21-14-5-1-10(7-16(14)23)19-24-17(20(26)30-19)9-12-3-6-18(29-12)13-4-2-11(25(27)28)8-15(13)22/h1-9H/b17-9-. The molecule has 0 amide bonds. The molecule has 10 heteroatoms. The molecule has 7 nitrogen and oxygen atoms in total. The van der Waals surface area contributed by atoms with Crippen molar-refractivity contribution in [2.45, 2.75) is 0 Å². The minimum absolute atomic E-state index is 0.0340. The number of nitrogens with zero attached hydrogens (tertiary/aromatic N) is 2. The zero-order chi connectivity index (χ0) is 21.4. The maximum Gasteiger partial charge on any atom is 0.363 e. The molecule has 0 fully saturated rings. The lowest BCUT2D eigenvalue weighted by Gasteiger charge is -2.01. The SMILES string of the molecule is O=C1OC(c2ccc(Cl)c(Cl)c2)=N/C1=C\c1ccc(-c2ccc([N+](=O)[O-])cc2Cl)o1. The highest BCUT2D eigenvalue weighted by atomic mass is 35.5. The van der Waals surface area contributed by atoms with Crippen molar-refractivity contribution in [2.75, 3.05) is 0 Å². The first-order valence-corrected chi connectivity index (χ1v) is 9.47. The molecule has 150 valence electrons. The van der Waals surface area contributed by atoms with Gasteiger partial charge in [-0.3, -0.25) is 10.1 Å². The van der Waals surface area contributed by atoms with E-state index in [-0.39, 0.29) is 22.3 Å². The van der Waals surface area contributed by atoms with Gasteiger partial charge in [-0.05, 0) is 36.4 Å². The Hall–Kier alpha value is -3.13. The number of esters is 1. The van der Waals surface area contributed by atoms with Crippen LogP contribution in [0.15, 0.2) is 63.6 Å². The van der Waals surface area contributed by atoms with Crippen LogP contribution >= 0.6 is 34.8 Å². The van der Waals surface area contributed by atoms with Gasteiger partial charge in [0.25, 0.3) is 5.69 Å². The van der Waals surface area contributed by atoms with Crippen LogP contribution in [0.4, 0.5) is 5.69 Å². The van der Waals surface area contributed by atoms with Crippen molar-refractivity contribution < 1.29 is 18.9 Å². The second-order valence-electron chi connectivity index (χ2n) is 6.09. The average molecular weight is 464 g/mol. The Bertz CT molecular complexity index is 1260. The summed E-state index contributed by atoms with van der Waals surface area (Å²) in [6.45, 7) is 0. The highest BCUT2D eigenvalue weighted by molar-refractivity contribution is 6.42. The summed E-state index contributed by atoms with van der Waals surface area (Å²) in [6.07, 6.45) is 1.41. The van der Waals surface area contributed by atoms with E-state index in [1.54, 1.807) is 30.3 Å². The van der Waals surface area contributed by atoms with E-state index in [0.717, 1.165) is 0 Å². The molecule has 30 heavy (non-hydrogen) atoms. The predicted molar refractivity (Wildman–Crippen MR) is 113 cm³/mol. The molecule has 0 N–H and O–H groups in total. The Morgan fingerprint density at radius 3 is 2.47 bits per heavy atom. The van der Waals surface area contributed by atoms with Gasteiger partial charge in [0, 0.05) is 29.3 Å². The van der Waals surface area contributed by atoms with E-state index in [0.29, 0.717) is 32.7 Å². The molecule has 2 heterocycles. The van der Waals surface area contributed by atoms with E-state index in [1.165, 1.54) is 24.3 Å². The molecule has 0 aliphatic carbocycles. The fraction of sp³-hybridized carbons (Fsp3) is 0. The van der Waals surface area contributed by atoms with Crippen LogP contribution in [-0.4, -0.2) is 16.8 Å². The molecule has 0 unspecified atom stereocenters. The smallest absolute Gasteiger partial charge is 0.363 e. The van der Waals surface area contributed by atoms with Crippen LogP contribution in [0.5, 0.6) is 0 Å². The minimum atomic E-state index is -0.651. The highest BCUT2D eigenvalue weighted by Gasteiger charge is 2.25. The van der Waals surface area contributed by atoms with E-state index < -0.39 is 10.9 Å². The molecular formula is C20H9Cl3N2O5. The van der Waals surface area contributed by atoms with Gasteiger partial charge in [0.1, 0.15) is 11.5 Å². The number of carbonyl (C=O) groups is 1. The van der Waals surface area contributed by atoms with Gasteiger partial charge in [-0.2, -0.15) is 0 Å². The van der Waals surface area contributed by atoms with Crippen molar-refractivity contribution in [1.29, 1.82) is 0 Å². The summed E-state index contributed by atoms with van der Waals surface area (Å²) in [5, 5.41) is 11.7. The summed E-state index contributed by atoms with van der Waals surface area (Å²) in [7, 11) is 0. The Morgan fingerprint density at radius 2 is 1.77 bits per heavy atom. The van der Waals surface area contributed by atoms with Crippen molar-refractivity contribution in [3.05, 3.63) is 90.7 Å². The molecule has 4 rings (SSSR count). The zero-order valence-electron chi connectivity index (χ0n) is 14.8. The second-order valence-corrected chi connectivity index (χ2v) is 7.31. The molecule has 0 saturated carbocycles. The molecule has 1 aromatic heterocycles. The number of non-ortho nitro benzene ring substituents is 1. The number of cyclic esters (lactones) is 1. The number of nitro groups is 1. The number of halogens is 3. The lowest BCUT2D eigenvalue weighted by molar-refractivity contribution is -0.384. The summed E-state index contributed by atoms with van der Waals surface area (Å²) >= 11 is 18.0. The third-order valence-corrected chi connectivity index (χ3v) is 5.17. The van der Waals surface area contributed by atoms with Crippen LogP contribution in [0.3, 0.4) is 0 Å². The largest absolute Gasteiger partial charge is 0.457 e. The van der Waals surface area contributed by atoms with Crippen LogP contribution in [0.25, 0.3) is 17.4 Å². The molecule has 0 radical (unpaired) electrons. The van der Waals surface area contributed by atoms with Gasteiger partial charge in [0.05, 0.1) is 20.0 Å². The third kappa shape index (κ3) is 3.95. The van der Waals surface area contributed by atoms with Gasteiger partial charge in [0.15, 0.2) is 5.70 Å². The number of furan rings is 1. The van der Waals surface area contributed by atoms with E-state index >= 15 is 0 Å². The number of ether oxygens (including phenoxy) is 1. The van der Waals surface area contributed by atoms with Crippen molar-refractivity contribution in [2.24, 2.45) is 4.99 Å². The normalized spacial score (nSPS) is 14.7. The topological polar surface area (TPSA) is 94.9 Å².